The van der Waals surface area contributed by atoms with Gasteiger partial charge in [0, 0.05) is 11.7 Å². The quantitative estimate of drug-likeness (QED) is 0.271. The lowest BCUT2D eigenvalue weighted by Gasteiger charge is -2.05. The highest BCUT2D eigenvalue weighted by Crippen LogP contribution is 2.25. The van der Waals surface area contributed by atoms with Crippen molar-refractivity contribution in [1.29, 1.82) is 0 Å². The van der Waals surface area contributed by atoms with Crippen molar-refractivity contribution in [1.82, 2.24) is 4.98 Å². The Labute approximate surface area is 92.7 Å². The number of aryl methyl sites for hydroxylation is 2. The SMILES string of the molecule is Cc1nc(SC(C)CC(N)=NO)oc1C. The number of rotatable bonds is 4. The summed E-state index contributed by atoms with van der Waals surface area (Å²) < 4.78 is 5.41. The van der Waals surface area contributed by atoms with Gasteiger partial charge in [-0.2, -0.15) is 0 Å². The van der Waals surface area contributed by atoms with Crippen LogP contribution in [0.3, 0.4) is 0 Å². The van der Waals surface area contributed by atoms with Crippen LogP contribution >= 0.6 is 11.8 Å². The molecular formula is C9H15N3O2S. The predicted molar refractivity (Wildman–Crippen MR) is 59.3 cm³/mol. The second kappa shape index (κ2) is 5.06. The molecular weight excluding hydrogens is 214 g/mol. The molecule has 0 aromatic carbocycles. The second-order valence-corrected chi connectivity index (χ2v) is 4.73. The van der Waals surface area contributed by atoms with Gasteiger partial charge in [-0.3, -0.25) is 0 Å². The fourth-order valence-electron chi connectivity index (χ4n) is 1.04. The third kappa shape index (κ3) is 3.47. The minimum atomic E-state index is 0.165. The number of hydrogen-bond donors (Lipinski definition) is 2. The lowest BCUT2D eigenvalue weighted by atomic mass is 10.3. The van der Waals surface area contributed by atoms with E-state index < -0.39 is 0 Å². The monoisotopic (exact) mass is 229 g/mol. The van der Waals surface area contributed by atoms with Gasteiger partial charge in [-0.15, -0.1) is 0 Å². The largest absolute Gasteiger partial charge is 0.437 e. The maximum absolute atomic E-state index is 8.41. The van der Waals surface area contributed by atoms with E-state index in [1.165, 1.54) is 11.8 Å². The van der Waals surface area contributed by atoms with Crippen molar-refractivity contribution in [2.24, 2.45) is 10.9 Å². The number of nitrogens with zero attached hydrogens (tertiary/aromatic N) is 2. The molecule has 15 heavy (non-hydrogen) atoms. The van der Waals surface area contributed by atoms with Gasteiger partial charge in [0.2, 0.25) is 0 Å². The van der Waals surface area contributed by atoms with Gasteiger partial charge < -0.3 is 15.4 Å². The van der Waals surface area contributed by atoms with Crippen molar-refractivity contribution in [3.8, 4) is 0 Å². The lowest BCUT2D eigenvalue weighted by Crippen LogP contribution is -2.16. The highest BCUT2D eigenvalue weighted by Gasteiger charge is 2.12. The van der Waals surface area contributed by atoms with Gasteiger partial charge in [0.15, 0.2) is 0 Å². The van der Waals surface area contributed by atoms with Crippen molar-refractivity contribution in [3.63, 3.8) is 0 Å². The maximum atomic E-state index is 8.41. The van der Waals surface area contributed by atoms with Crippen LogP contribution in [-0.4, -0.2) is 21.3 Å². The van der Waals surface area contributed by atoms with Crippen molar-refractivity contribution in [2.45, 2.75) is 37.7 Å². The molecule has 0 aliphatic heterocycles. The molecule has 0 spiro atoms. The topological polar surface area (TPSA) is 84.6 Å². The minimum Gasteiger partial charge on any atom is -0.437 e. The number of oxazole rings is 1. The third-order valence-electron chi connectivity index (χ3n) is 1.94. The summed E-state index contributed by atoms with van der Waals surface area (Å²) in [4.78, 5) is 4.24. The minimum absolute atomic E-state index is 0.165. The highest BCUT2D eigenvalue weighted by atomic mass is 32.2. The van der Waals surface area contributed by atoms with E-state index in [1.54, 1.807) is 0 Å². The Hall–Kier alpha value is -1.17. The second-order valence-electron chi connectivity index (χ2n) is 3.35. The highest BCUT2D eigenvalue weighted by molar-refractivity contribution is 7.99. The average Bonchev–Trinajstić information content (AvgIpc) is 2.45. The molecule has 5 nitrogen and oxygen atoms in total. The molecule has 1 aromatic rings. The zero-order valence-electron chi connectivity index (χ0n) is 9.02. The molecule has 0 radical (unpaired) electrons. The predicted octanol–water partition coefficient (Wildman–Crippen LogP) is 1.91. The van der Waals surface area contributed by atoms with Crippen molar-refractivity contribution < 1.29 is 9.62 Å². The van der Waals surface area contributed by atoms with E-state index in [2.05, 4.69) is 10.1 Å². The van der Waals surface area contributed by atoms with E-state index in [-0.39, 0.29) is 11.1 Å². The van der Waals surface area contributed by atoms with Gasteiger partial charge in [-0.25, -0.2) is 4.98 Å². The molecule has 6 heteroatoms. The van der Waals surface area contributed by atoms with Gasteiger partial charge in [-0.05, 0) is 13.8 Å². The van der Waals surface area contributed by atoms with E-state index in [9.17, 15) is 0 Å². The van der Waals surface area contributed by atoms with Crippen molar-refractivity contribution in [2.75, 3.05) is 0 Å². The normalized spacial score (nSPS) is 14.2. The summed E-state index contributed by atoms with van der Waals surface area (Å²) in [5, 5.41) is 12.1. The molecule has 0 aliphatic rings. The van der Waals surface area contributed by atoms with E-state index in [0.29, 0.717) is 11.6 Å². The Balaban J connectivity index is 2.55. The molecule has 1 heterocycles. The molecule has 1 unspecified atom stereocenters. The van der Waals surface area contributed by atoms with Crippen LogP contribution in [0.1, 0.15) is 24.8 Å². The molecule has 0 amide bonds. The average molecular weight is 229 g/mol. The maximum Gasteiger partial charge on any atom is 0.256 e. The molecule has 0 saturated carbocycles. The fraction of sp³-hybridized carbons (Fsp3) is 0.556. The van der Waals surface area contributed by atoms with Crippen LogP contribution in [0, 0.1) is 13.8 Å². The molecule has 84 valence electrons. The first kappa shape index (κ1) is 11.9. The van der Waals surface area contributed by atoms with Gasteiger partial charge in [0.25, 0.3) is 5.22 Å². The zero-order chi connectivity index (χ0) is 11.4. The third-order valence-corrected chi connectivity index (χ3v) is 2.88. The van der Waals surface area contributed by atoms with Crippen LogP contribution in [0.5, 0.6) is 0 Å². The van der Waals surface area contributed by atoms with Gasteiger partial charge in [-0.1, -0.05) is 23.8 Å². The number of oxime groups is 1. The Morgan fingerprint density at radius 3 is 2.80 bits per heavy atom. The summed E-state index contributed by atoms with van der Waals surface area (Å²) in [5.74, 6) is 1.04. The standard InChI is InChI=1S/C9H15N3O2S/c1-5(4-8(10)12-13)15-9-11-6(2)7(3)14-9/h5,13H,4H2,1-3H3,(H2,10,12). The van der Waals surface area contributed by atoms with Crippen LogP contribution in [-0.2, 0) is 0 Å². The van der Waals surface area contributed by atoms with Gasteiger partial charge in [0.1, 0.15) is 11.6 Å². The summed E-state index contributed by atoms with van der Waals surface area (Å²) in [6.45, 7) is 5.75. The first-order valence-corrected chi connectivity index (χ1v) is 5.48. The molecule has 0 aliphatic carbocycles. The number of nitrogens with two attached hydrogens (primary N) is 1. The summed E-state index contributed by atoms with van der Waals surface area (Å²) >= 11 is 1.47. The zero-order valence-corrected chi connectivity index (χ0v) is 9.84. The Morgan fingerprint density at radius 2 is 2.33 bits per heavy atom. The molecule has 1 aromatic heterocycles. The van der Waals surface area contributed by atoms with Crippen LogP contribution in [0.15, 0.2) is 14.8 Å². The first-order chi connectivity index (χ1) is 7.02. The van der Waals surface area contributed by atoms with Crippen LogP contribution in [0.2, 0.25) is 0 Å². The smallest absolute Gasteiger partial charge is 0.256 e. The molecule has 0 fully saturated rings. The van der Waals surface area contributed by atoms with Gasteiger partial charge >= 0.3 is 0 Å². The van der Waals surface area contributed by atoms with E-state index in [1.807, 2.05) is 20.8 Å². The Bertz CT molecular complexity index is 343. The van der Waals surface area contributed by atoms with Crippen molar-refractivity contribution in [3.05, 3.63) is 11.5 Å². The Kier molecular flexibility index (Phi) is 4.02. The fourth-order valence-corrected chi connectivity index (χ4v) is 2.00. The first-order valence-electron chi connectivity index (χ1n) is 4.60. The summed E-state index contributed by atoms with van der Waals surface area (Å²) in [6, 6.07) is 0. The molecule has 0 bridgehead atoms. The van der Waals surface area contributed by atoms with Gasteiger partial charge in [0.05, 0.1) is 5.69 Å². The molecule has 1 atom stereocenters. The molecule has 3 N–H and O–H groups in total. The van der Waals surface area contributed by atoms with E-state index in [4.69, 9.17) is 15.4 Å². The lowest BCUT2D eigenvalue weighted by molar-refractivity contribution is 0.317. The molecule has 1 rings (SSSR count). The van der Waals surface area contributed by atoms with Crippen molar-refractivity contribution >= 4 is 17.6 Å². The van der Waals surface area contributed by atoms with E-state index in [0.717, 1.165) is 11.5 Å². The molecule has 0 saturated heterocycles. The van der Waals surface area contributed by atoms with Crippen LogP contribution < -0.4 is 5.73 Å². The Morgan fingerprint density at radius 1 is 1.67 bits per heavy atom. The number of aromatic nitrogens is 1. The van der Waals surface area contributed by atoms with E-state index >= 15 is 0 Å². The van der Waals surface area contributed by atoms with Crippen LogP contribution in [0.25, 0.3) is 0 Å². The summed E-state index contributed by atoms with van der Waals surface area (Å²) in [7, 11) is 0. The number of amidine groups is 1. The number of thioether (sulfide) groups is 1. The summed E-state index contributed by atoms with van der Waals surface area (Å²) in [5.41, 5.74) is 6.30. The summed E-state index contributed by atoms with van der Waals surface area (Å²) in [6.07, 6.45) is 0.502. The van der Waals surface area contributed by atoms with Crippen LogP contribution in [0.4, 0.5) is 0 Å². The number of hydrogen-bond acceptors (Lipinski definition) is 5.